The van der Waals surface area contributed by atoms with Gasteiger partial charge in [-0.1, -0.05) is 0 Å². The van der Waals surface area contributed by atoms with Crippen LogP contribution < -0.4 is 5.32 Å². The summed E-state index contributed by atoms with van der Waals surface area (Å²) >= 11 is 0. The summed E-state index contributed by atoms with van der Waals surface area (Å²) in [5, 5.41) is 8.74. The average Bonchev–Trinajstić information content (AvgIpc) is 3.34. The highest BCUT2D eigenvalue weighted by Crippen LogP contribution is 2.41. The highest BCUT2D eigenvalue weighted by Gasteiger charge is 2.41. The van der Waals surface area contributed by atoms with E-state index >= 15 is 0 Å². The van der Waals surface area contributed by atoms with Crippen LogP contribution in [0.5, 0.6) is 0 Å². The molecule has 0 spiro atoms. The van der Waals surface area contributed by atoms with E-state index in [2.05, 4.69) is 32.3 Å². The van der Waals surface area contributed by atoms with Crippen LogP contribution in [0.25, 0.3) is 16.6 Å². The minimum absolute atomic E-state index is 0.0555. The molecule has 0 bridgehead atoms. The van der Waals surface area contributed by atoms with Crippen LogP contribution in [0.1, 0.15) is 24.2 Å². The van der Waals surface area contributed by atoms with Gasteiger partial charge in [-0.05, 0) is 56.8 Å². The molecule has 0 aromatic carbocycles. The summed E-state index contributed by atoms with van der Waals surface area (Å²) in [6, 6.07) is 6.14. The van der Waals surface area contributed by atoms with Crippen LogP contribution in [-0.4, -0.2) is 56.7 Å². The second-order valence-electron chi connectivity index (χ2n) is 8.52. The molecule has 1 N–H and O–H groups in total. The molecule has 1 aliphatic heterocycles. The minimum atomic E-state index is 0.0555. The maximum absolute atomic E-state index is 12.7. The Hall–Kier alpha value is -2.80. The zero-order valence-electron chi connectivity index (χ0n) is 16.9. The topological polar surface area (TPSA) is 75.9 Å². The number of aryl methyl sites for hydroxylation is 1. The number of rotatable bonds is 5. The molecule has 4 heterocycles. The molecule has 2 aliphatic rings. The van der Waals surface area contributed by atoms with Crippen molar-refractivity contribution in [2.75, 3.05) is 20.1 Å². The van der Waals surface area contributed by atoms with Crippen molar-refractivity contribution in [1.82, 2.24) is 30.0 Å². The van der Waals surface area contributed by atoms with Gasteiger partial charge in [0.15, 0.2) is 0 Å². The van der Waals surface area contributed by atoms with E-state index in [9.17, 15) is 4.79 Å². The number of nitrogens with one attached hydrogen (secondary N) is 1. The molecule has 2 fully saturated rings. The van der Waals surface area contributed by atoms with Gasteiger partial charge in [0.05, 0.1) is 35.7 Å². The van der Waals surface area contributed by atoms with Gasteiger partial charge in [-0.25, -0.2) is 4.68 Å². The smallest absolute Gasteiger partial charge is 0.226 e. The van der Waals surface area contributed by atoms with Gasteiger partial charge in [0.1, 0.15) is 0 Å². The van der Waals surface area contributed by atoms with E-state index in [4.69, 9.17) is 0 Å². The van der Waals surface area contributed by atoms with E-state index in [1.54, 1.807) is 12.4 Å². The quantitative estimate of drug-likeness (QED) is 0.722. The molecule has 29 heavy (non-hydrogen) atoms. The maximum Gasteiger partial charge on any atom is 0.226 e. The van der Waals surface area contributed by atoms with Crippen LogP contribution in [0.15, 0.2) is 36.8 Å². The Kier molecular flexibility index (Phi) is 4.54. The molecule has 1 saturated carbocycles. The molecule has 0 radical (unpaired) electrons. The largest absolute Gasteiger partial charge is 0.351 e. The van der Waals surface area contributed by atoms with E-state index in [1.807, 2.05) is 36.0 Å². The zero-order chi connectivity index (χ0) is 20.0. The molecule has 5 rings (SSSR count). The number of carbonyl (C=O) groups excluding carboxylic acids is 1. The fourth-order valence-corrected chi connectivity index (χ4v) is 4.55. The Morgan fingerprint density at radius 3 is 2.86 bits per heavy atom. The fourth-order valence-electron chi connectivity index (χ4n) is 4.55. The molecule has 3 aromatic heterocycles. The van der Waals surface area contributed by atoms with Crippen molar-refractivity contribution in [2.24, 2.45) is 11.8 Å². The standard InChI is InChI=1S/C22H26N6O/c1-14-7-18(5-6-23-14)28-21-11-24-17(8-16(21)10-25-28)9-22(29)26-20-13-27(2)12-19(20)15-3-4-15/h5-8,10-11,15,19-20H,3-4,9,12-13H2,1-2H3,(H,26,29)/t19-,20+/m1/s1. The van der Waals surface area contributed by atoms with Crippen LogP contribution in [0.4, 0.5) is 0 Å². The number of amides is 1. The number of likely N-dealkylation sites (tertiary alicyclic amines) is 1. The number of hydrogen-bond acceptors (Lipinski definition) is 5. The van der Waals surface area contributed by atoms with Crippen molar-refractivity contribution in [2.45, 2.75) is 32.2 Å². The summed E-state index contributed by atoms with van der Waals surface area (Å²) in [5.41, 5.74) is 3.59. The van der Waals surface area contributed by atoms with Crippen molar-refractivity contribution in [1.29, 1.82) is 0 Å². The lowest BCUT2D eigenvalue weighted by Crippen LogP contribution is -2.41. The first-order chi connectivity index (χ1) is 14.1. The SMILES string of the molecule is Cc1cc(-n2ncc3cc(CC(=O)N[C@H]4CN(C)C[C@@H]4C4CC4)ncc32)ccn1. The molecule has 7 heteroatoms. The van der Waals surface area contributed by atoms with Crippen molar-refractivity contribution in [3.63, 3.8) is 0 Å². The minimum Gasteiger partial charge on any atom is -0.351 e. The van der Waals surface area contributed by atoms with Crippen molar-refractivity contribution < 1.29 is 4.79 Å². The van der Waals surface area contributed by atoms with E-state index in [-0.39, 0.29) is 11.9 Å². The average molecular weight is 390 g/mol. The Morgan fingerprint density at radius 1 is 1.21 bits per heavy atom. The third kappa shape index (κ3) is 3.74. The van der Waals surface area contributed by atoms with Gasteiger partial charge in [-0.3, -0.25) is 14.8 Å². The number of aromatic nitrogens is 4. The van der Waals surface area contributed by atoms with Gasteiger partial charge in [0.2, 0.25) is 5.91 Å². The number of nitrogens with zero attached hydrogens (tertiary/aromatic N) is 5. The third-order valence-corrected chi connectivity index (χ3v) is 6.10. The Morgan fingerprint density at radius 2 is 2.07 bits per heavy atom. The highest BCUT2D eigenvalue weighted by atomic mass is 16.1. The predicted molar refractivity (Wildman–Crippen MR) is 111 cm³/mol. The first-order valence-electron chi connectivity index (χ1n) is 10.3. The Labute approximate surface area is 170 Å². The summed E-state index contributed by atoms with van der Waals surface area (Å²) < 4.78 is 1.86. The van der Waals surface area contributed by atoms with Crippen molar-refractivity contribution in [3.8, 4) is 5.69 Å². The van der Waals surface area contributed by atoms with E-state index in [0.29, 0.717) is 12.3 Å². The number of fused-ring (bicyclic) bond motifs is 1. The van der Waals surface area contributed by atoms with Crippen LogP contribution in [-0.2, 0) is 11.2 Å². The molecule has 3 aromatic rings. The van der Waals surface area contributed by atoms with E-state index in [0.717, 1.165) is 47.0 Å². The van der Waals surface area contributed by atoms with Crippen LogP contribution in [0.2, 0.25) is 0 Å². The Bertz CT molecular complexity index is 1060. The molecular formula is C22H26N6O. The molecule has 1 saturated heterocycles. The van der Waals surface area contributed by atoms with Crippen LogP contribution in [0.3, 0.4) is 0 Å². The first kappa shape index (κ1) is 18.2. The summed E-state index contributed by atoms with van der Waals surface area (Å²) in [6.45, 7) is 3.99. The molecule has 0 unspecified atom stereocenters. The van der Waals surface area contributed by atoms with Gasteiger partial charge < -0.3 is 10.2 Å². The second-order valence-corrected chi connectivity index (χ2v) is 8.52. The maximum atomic E-state index is 12.7. The first-order valence-corrected chi connectivity index (χ1v) is 10.3. The van der Waals surface area contributed by atoms with Gasteiger partial charge in [-0.2, -0.15) is 5.10 Å². The van der Waals surface area contributed by atoms with E-state index < -0.39 is 0 Å². The number of pyridine rings is 2. The zero-order valence-corrected chi connectivity index (χ0v) is 16.9. The van der Waals surface area contributed by atoms with Crippen LogP contribution >= 0.6 is 0 Å². The lowest BCUT2D eigenvalue weighted by Gasteiger charge is -2.19. The van der Waals surface area contributed by atoms with Gasteiger partial charge in [0.25, 0.3) is 0 Å². The molecule has 150 valence electrons. The molecule has 1 aliphatic carbocycles. The predicted octanol–water partition coefficient (Wildman–Crippen LogP) is 2.12. The number of carbonyl (C=O) groups is 1. The van der Waals surface area contributed by atoms with Crippen LogP contribution in [0, 0.1) is 18.8 Å². The fraction of sp³-hybridized carbons (Fsp3) is 0.455. The van der Waals surface area contributed by atoms with Gasteiger partial charge in [0, 0.05) is 36.4 Å². The summed E-state index contributed by atoms with van der Waals surface area (Å²) in [5.74, 6) is 1.45. The third-order valence-electron chi connectivity index (χ3n) is 6.10. The number of hydrogen-bond donors (Lipinski definition) is 1. The number of likely N-dealkylation sites (N-methyl/N-ethyl adjacent to an activating group) is 1. The summed E-state index contributed by atoms with van der Waals surface area (Å²) in [4.78, 5) is 23.8. The molecule has 2 atom stereocenters. The second kappa shape index (κ2) is 7.22. The lowest BCUT2D eigenvalue weighted by atomic mass is 9.98. The molecule has 1 amide bonds. The van der Waals surface area contributed by atoms with Crippen molar-refractivity contribution in [3.05, 3.63) is 48.2 Å². The summed E-state index contributed by atoms with van der Waals surface area (Å²) in [7, 11) is 2.14. The lowest BCUT2D eigenvalue weighted by molar-refractivity contribution is -0.121. The highest BCUT2D eigenvalue weighted by molar-refractivity contribution is 5.83. The monoisotopic (exact) mass is 390 g/mol. The van der Waals surface area contributed by atoms with Crippen molar-refractivity contribution >= 4 is 16.8 Å². The molecule has 7 nitrogen and oxygen atoms in total. The normalized spacial score (nSPS) is 22.3. The van der Waals surface area contributed by atoms with Gasteiger partial charge >= 0.3 is 0 Å². The molecular weight excluding hydrogens is 364 g/mol. The summed E-state index contributed by atoms with van der Waals surface area (Å²) in [6.07, 6.45) is 8.32. The van der Waals surface area contributed by atoms with Gasteiger partial charge in [-0.15, -0.1) is 0 Å². The van der Waals surface area contributed by atoms with E-state index in [1.165, 1.54) is 12.8 Å². The Balaban J connectivity index is 1.30.